The lowest BCUT2D eigenvalue weighted by Gasteiger charge is -2.35. The summed E-state index contributed by atoms with van der Waals surface area (Å²) in [5.41, 5.74) is 2.18. The van der Waals surface area contributed by atoms with Gasteiger partial charge in [0, 0.05) is 37.4 Å². The first-order valence-electron chi connectivity index (χ1n) is 6.91. The molecule has 1 aliphatic heterocycles. The minimum atomic E-state index is 0.155. The number of carbonyl (C=O) groups excluding carboxylic acids is 1. The van der Waals surface area contributed by atoms with Crippen molar-refractivity contribution in [2.45, 2.75) is 13.0 Å². The normalized spacial score (nSPS) is 17.3. The topological polar surface area (TPSA) is 44.8 Å². The molecule has 1 amide bonds. The Morgan fingerprint density at radius 1 is 1.35 bits per heavy atom. The highest BCUT2D eigenvalue weighted by molar-refractivity contribution is 5.83. The highest BCUT2D eigenvalue weighted by Gasteiger charge is 2.25. The Kier molecular flexibility index (Phi) is 4.49. The third kappa shape index (κ3) is 2.72. The second-order valence-corrected chi connectivity index (χ2v) is 5.14. The highest BCUT2D eigenvalue weighted by atomic mass is 16.5. The van der Waals surface area contributed by atoms with Crippen molar-refractivity contribution in [3.8, 4) is 5.75 Å². The van der Waals surface area contributed by atoms with E-state index >= 15 is 0 Å². The molecule has 5 heteroatoms. The van der Waals surface area contributed by atoms with Gasteiger partial charge in [0.25, 0.3) is 0 Å². The lowest BCUT2D eigenvalue weighted by Crippen LogP contribution is -2.49. The van der Waals surface area contributed by atoms with Gasteiger partial charge in [-0.1, -0.05) is 6.07 Å². The van der Waals surface area contributed by atoms with Crippen LogP contribution in [0.2, 0.25) is 0 Å². The first-order chi connectivity index (χ1) is 9.58. The first-order valence-corrected chi connectivity index (χ1v) is 6.91. The second kappa shape index (κ2) is 6.13. The Bertz CT molecular complexity index is 490. The number of amides is 1. The molecule has 1 atom stereocenters. The van der Waals surface area contributed by atoms with Crippen molar-refractivity contribution in [1.29, 1.82) is 0 Å². The summed E-state index contributed by atoms with van der Waals surface area (Å²) >= 11 is 0. The number of piperazine rings is 1. The van der Waals surface area contributed by atoms with Crippen molar-refractivity contribution >= 4 is 11.6 Å². The summed E-state index contributed by atoms with van der Waals surface area (Å²) in [7, 11) is 5.46. The molecular formula is C15H23N3O2. The summed E-state index contributed by atoms with van der Waals surface area (Å²) in [4.78, 5) is 15.8. The van der Waals surface area contributed by atoms with Gasteiger partial charge in [-0.3, -0.25) is 4.79 Å². The van der Waals surface area contributed by atoms with Crippen molar-refractivity contribution in [3.63, 3.8) is 0 Å². The van der Waals surface area contributed by atoms with Crippen LogP contribution in [0.3, 0.4) is 0 Å². The fourth-order valence-corrected chi connectivity index (χ4v) is 2.53. The van der Waals surface area contributed by atoms with E-state index in [2.05, 4.69) is 23.2 Å². The Balaban J connectivity index is 2.38. The van der Waals surface area contributed by atoms with Gasteiger partial charge in [-0.15, -0.1) is 0 Å². The molecule has 0 aromatic heterocycles. The maximum absolute atomic E-state index is 11.9. The zero-order valence-electron chi connectivity index (χ0n) is 12.6. The van der Waals surface area contributed by atoms with Crippen LogP contribution in [0.15, 0.2) is 18.2 Å². The van der Waals surface area contributed by atoms with E-state index in [1.807, 2.05) is 26.2 Å². The number of ether oxygens (including phenoxy) is 1. The number of hydrogen-bond donors (Lipinski definition) is 1. The zero-order valence-corrected chi connectivity index (χ0v) is 12.6. The number of anilines is 1. The molecule has 20 heavy (non-hydrogen) atoms. The summed E-state index contributed by atoms with van der Waals surface area (Å²) in [5, 5.41) is 3.25. The third-order valence-corrected chi connectivity index (χ3v) is 3.93. The Labute approximate surface area is 120 Å². The summed E-state index contributed by atoms with van der Waals surface area (Å²) < 4.78 is 5.49. The lowest BCUT2D eigenvalue weighted by atomic mass is 10.0. The Morgan fingerprint density at radius 2 is 2.10 bits per heavy atom. The number of carbonyl (C=O) groups is 1. The molecule has 1 unspecified atom stereocenters. The lowest BCUT2D eigenvalue weighted by molar-refractivity contribution is -0.129. The number of hydrogen-bond acceptors (Lipinski definition) is 4. The number of nitrogens with one attached hydrogen (secondary N) is 1. The van der Waals surface area contributed by atoms with Crippen LogP contribution in [0.25, 0.3) is 0 Å². The Hall–Kier alpha value is -1.75. The van der Waals surface area contributed by atoms with Gasteiger partial charge in [0.05, 0.1) is 13.7 Å². The molecule has 1 N–H and O–H groups in total. The van der Waals surface area contributed by atoms with E-state index in [1.54, 1.807) is 12.0 Å². The van der Waals surface area contributed by atoms with Gasteiger partial charge in [-0.05, 0) is 26.1 Å². The molecule has 0 saturated carbocycles. The van der Waals surface area contributed by atoms with Gasteiger partial charge in [0.2, 0.25) is 5.91 Å². The molecule has 0 bridgehead atoms. The molecular weight excluding hydrogens is 254 g/mol. The predicted octanol–water partition coefficient (Wildman–Crippen LogP) is 1.25. The predicted molar refractivity (Wildman–Crippen MR) is 80.3 cm³/mol. The quantitative estimate of drug-likeness (QED) is 0.900. The number of benzene rings is 1. The van der Waals surface area contributed by atoms with Gasteiger partial charge in [-0.2, -0.15) is 0 Å². The number of methoxy groups -OCH3 is 1. The molecule has 1 aromatic rings. The summed E-state index contributed by atoms with van der Waals surface area (Å²) in [6.45, 7) is 4.12. The van der Waals surface area contributed by atoms with Crippen LogP contribution in [-0.4, -0.2) is 51.6 Å². The summed E-state index contributed by atoms with van der Waals surface area (Å²) in [5.74, 6) is 1.01. The fraction of sp³-hybridized carbons (Fsp3) is 0.533. The van der Waals surface area contributed by atoms with Crippen LogP contribution in [0.4, 0.5) is 5.69 Å². The minimum Gasteiger partial charge on any atom is -0.496 e. The molecule has 0 aliphatic carbocycles. The van der Waals surface area contributed by atoms with Crippen molar-refractivity contribution in [3.05, 3.63) is 23.8 Å². The minimum absolute atomic E-state index is 0.155. The smallest absolute Gasteiger partial charge is 0.241 e. The van der Waals surface area contributed by atoms with Crippen LogP contribution in [0, 0.1) is 0 Å². The first kappa shape index (κ1) is 14.7. The average molecular weight is 277 g/mol. The van der Waals surface area contributed by atoms with Gasteiger partial charge < -0.3 is 19.9 Å². The molecule has 110 valence electrons. The van der Waals surface area contributed by atoms with E-state index < -0.39 is 0 Å². The maximum atomic E-state index is 11.9. The molecule has 1 heterocycles. The third-order valence-electron chi connectivity index (χ3n) is 3.93. The largest absolute Gasteiger partial charge is 0.496 e. The van der Waals surface area contributed by atoms with Crippen molar-refractivity contribution in [2.75, 3.05) is 45.7 Å². The molecule has 1 aliphatic rings. The van der Waals surface area contributed by atoms with Gasteiger partial charge in [0.1, 0.15) is 5.75 Å². The number of likely N-dealkylation sites (N-methyl/N-ethyl adjacent to an activating group) is 1. The van der Waals surface area contributed by atoms with E-state index in [9.17, 15) is 4.79 Å². The Morgan fingerprint density at radius 3 is 2.70 bits per heavy atom. The highest BCUT2D eigenvalue weighted by Crippen LogP contribution is 2.34. The van der Waals surface area contributed by atoms with E-state index in [0.29, 0.717) is 6.54 Å². The molecule has 1 saturated heterocycles. The van der Waals surface area contributed by atoms with Gasteiger partial charge >= 0.3 is 0 Å². The van der Waals surface area contributed by atoms with Crippen LogP contribution < -0.4 is 15.0 Å². The summed E-state index contributed by atoms with van der Waals surface area (Å²) in [6.07, 6.45) is 0. The number of nitrogens with zero attached hydrogens (tertiary/aromatic N) is 2. The van der Waals surface area contributed by atoms with Crippen LogP contribution in [0.1, 0.15) is 18.5 Å². The van der Waals surface area contributed by atoms with Crippen molar-refractivity contribution in [1.82, 2.24) is 10.2 Å². The van der Waals surface area contributed by atoms with Gasteiger partial charge in [0.15, 0.2) is 0 Å². The molecule has 1 fully saturated rings. The van der Waals surface area contributed by atoms with Crippen molar-refractivity contribution < 1.29 is 9.53 Å². The van der Waals surface area contributed by atoms with Crippen LogP contribution in [0.5, 0.6) is 5.75 Å². The second-order valence-electron chi connectivity index (χ2n) is 5.14. The number of rotatable bonds is 4. The summed E-state index contributed by atoms with van der Waals surface area (Å²) in [6, 6.07) is 6.16. The molecule has 1 aromatic carbocycles. The van der Waals surface area contributed by atoms with E-state index in [0.717, 1.165) is 30.1 Å². The van der Waals surface area contributed by atoms with Crippen molar-refractivity contribution in [2.24, 2.45) is 0 Å². The standard InChI is InChI=1S/C15H23N3O2/c1-11(16-2)15-12(6-5-7-13(15)20-4)18-9-8-17(3)14(19)10-18/h5-7,11,16H,8-10H2,1-4H3. The van der Waals surface area contributed by atoms with Crippen LogP contribution >= 0.6 is 0 Å². The SMILES string of the molecule is CNC(C)c1c(OC)cccc1N1CCN(C)C(=O)C1. The maximum Gasteiger partial charge on any atom is 0.241 e. The monoisotopic (exact) mass is 277 g/mol. The van der Waals surface area contributed by atoms with Gasteiger partial charge in [-0.25, -0.2) is 0 Å². The zero-order chi connectivity index (χ0) is 14.7. The van der Waals surface area contributed by atoms with E-state index in [4.69, 9.17) is 4.74 Å². The average Bonchev–Trinajstić information content (AvgIpc) is 2.48. The molecule has 5 nitrogen and oxygen atoms in total. The van der Waals surface area contributed by atoms with Crippen LogP contribution in [-0.2, 0) is 4.79 Å². The molecule has 2 rings (SSSR count). The molecule has 0 radical (unpaired) electrons. The van der Waals surface area contributed by atoms with E-state index in [1.165, 1.54) is 0 Å². The molecule has 0 spiro atoms. The van der Waals surface area contributed by atoms with E-state index in [-0.39, 0.29) is 11.9 Å². The fourth-order valence-electron chi connectivity index (χ4n) is 2.53.